The van der Waals surface area contributed by atoms with Crippen LogP contribution in [0.1, 0.15) is 24.2 Å². The number of pyridine rings is 1. The molecule has 5 aromatic rings. The molecule has 0 aliphatic carbocycles. The molecule has 0 amide bonds. The molecular formula is C31H31N5O2. The molecule has 1 saturated heterocycles. The van der Waals surface area contributed by atoms with E-state index in [1.54, 1.807) is 16.8 Å². The maximum Gasteiger partial charge on any atom is 0.266 e. The lowest BCUT2D eigenvalue weighted by atomic mass is 10.1. The summed E-state index contributed by atoms with van der Waals surface area (Å²) >= 11 is 0. The van der Waals surface area contributed by atoms with Gasteiger partial charge in [0.15, 0.2) is 5.69 Å². The molecule has 38 heavy (non-hydrogen) atoms. The predicted molar refractivity (Wildman–Crippen MR) is 153 cm³/mol. The third-order valence-corrected chi connectivity index (χ3v) is 7.62. The van der Waals surface area contributed by atoms with Gasteiger partial charge in [0.25, 0.3) is 5.56 Å². The number of piperazine rings is 1. The Balaban J connectivity index is 1.00. The number of aromatic amines is 1. The average Bonchev–Trinajstić information content (AvgIpc) is 3.54. The van der Waals surface area contributed by atoms with Crippen molar-refractivity contribution < 1.29 is 4.42 Å². The van der Waals surface area contributed by atoms with E-state index in [0.29, 0.717) is 16.7 Å². The van der Waals surface area contributed by atoms with Gasteiger partial charge in [-0.25, -0.2) is 4.85 Å². The zero-order chi connectivity index (χ0) is 26.1. The van der Waals surface area contributed by atoms with Crippen LogP contribution in [0.3, 0.4) is 0 Å². The van der Waals surface area contributed by atoms with Gasteiger partial charge >= 0.3 is 0 Å². The number of nitrogens with one attached hydrogen (secondary N) is 1. The number of benzene rings is 2. The quantitative estimate of drug-likeness (QED) is 0.215. The molecule has 0 saturated carbocycles. The van der Waals surface area contributed by atoms with Gasteiger partial charge in [0.2, 0.25) is 0 Å². The summed E-state index contributed by atoms with van der Waals surface area (Å²) in [5.41, 5.74) is 5.74. The summed E-state index contributed by atoms with van der Waals surface area (Å²) < 4.78 is 7.26. The highest BCUT2D eigenvalue weighted by atomic mass is 16.3. The Kier molecular flexibility index (Phi) is 6.48. The zero-order valence-corrected chi connectivity index (χ0v) is 21.6. The van der Waals surface area contributed by atoms with Gasteiger partial charge in [0, 0.05) is 55.5 Å². The number of rotatable bonds is 7. The number of aromatic nitrogens is 2. The minimum Gasteiger partial charge on any atom is -0.461 e. The lowest BCUT2D eigenvalue weighted by Crippen LogP contribution is -2.46. The Morgan fingerprint density at radius 3 is 2.53 bits per heavy atom. The lowest BCUT2D eigenvalue weighted by Gasteiger charge is -2.36. The Bertz CT molecular complexity index is 1680. The fourth-order valence-electron chi connectivity index (χ4n) is 5.51. The number of aryl methyl sites for hydroxylation is 2. The minimum absolute atomic E-state index is 0.0569. The van der Waals surface area contributed by atoms with Gasteiger partial charge in [0.05, 0.1) is 12.0 Å². The van der Waals surface area contributed by atoms with Crippen LogP contribution in [-0.4, -0.2) is 47.2 Å². The van der Waals surface area contributed by atoms with E-state index in [9.17, 15) is 4.79 Å². The summed E-state index contributed by atoms with van der Waals surface area (Å²) in [5, 5.41) is 1.79. The monoisotopic (exact) mass is 505 g/mol. The van der Waals surface area contributed by atoms with Gasteiger partial charge in [-0.1, -0.05) is 6.07 Å². The smallest absolute Gasteiger partial charge is 0.266 e. The first kappa shape index (κ1) is 24.1. The molecule has 7 nitrogen and oxygen atoms in total. The maximum absolute atomic E-state index is 12.9. The van der Waals surface area contributed by atoms with Crippen molar-refractivity contribution in [2.75, 3.05) is 37.6 Å². The van der Waals surface area contributed by atoms with Gasteiger partial charge in [-0.3, -0.25) is 14.3 Å². The van der Waals surface area contributed by atoms with E-state index < -0.39 is 0 Å². The molecule has 0 radical (unpaired) electrons. The number of nitrogens with zero attached hydrogens (tertiary/aromatic N) is 4. The van der Waals surface area contributed by atoms with Crippen molar-refractivity contribution in [2.24, 2.45) is 0 Å². The largest absolute Gasteiger partial charge is 0.461 e. The summed E-state index contributed by atoms with van der Waals surface area (Å²) in [5.74, 6) is 0.745. The van der Waals surface area contributed by atoms with Crippen molar-refractivity contribution in [2.45, 2.75) is 26.2 Å². The first-order valence-electron chi connectivity index (χ1n) is 13.3. The first-order chi connectivity index (χ1) is 18.6. The van der Waals surface area contributed by atoms with Crippen molar-refractivity contribution in [1.29, 1.82) is 0 Å². The van der Waals surface area contributed by atoms with Crippen molar-refractivity contribution in [3.8, 4) is 5.69 Å². The summed E-state index contributed by atoms with van der Waals surface area (Å²) in [6.45, 7) is 14.3. The maximum atomic E-state index is 12.9. The van der Waals surface area contributed by atoms with E-state index in [4.69, 9.17) is 11.0 Å². The standard InChI is InChI=1S/C31H31N5O2/c1-22-19-28-30(38-22)12-14-36(31(28)37)26-9-7-25(8-10-26)35-17-15-34(16-18-35)13-4-3-5-23-21-33-29-11-6-24(32-2)20-27(23)29/h6-12,14,19-21,33H,3-5,13,15-18H2,1H3. The normalized spacial score (nSPS) is 14.4. The van der Waals surface area contributed by atoms with Gasteiger partial charge in [-0.2, -0.15) is 0 Å². The molecular weight excluding hydrogens is 474 g/mol. The van der Waals surface area contributed by atoms with Crippen LogP contribution < -0.4 is 10.5 Å². The van der Waals surface area contributed by atoms with Crippen LogP contribution in [0, 0.1) is 13.5 Å². The Morgan fingerprint density at radius 1 is 0.947 bits per heavy atom. The molecule has 1 N–H and O–H groups in total. The van der Waals surface area contributed by atoms with Crippen LogP contribution in [0.15, 0.2) is 76.2 Å². The van der Waals surface area contributed by atoms with Gasteiger partial charge in [0.1, 0.15) is 11.3 Å². The molecule has 4 heterocycles. The van der Waals surface area contributed by atoms with Crippen LogP contribution in [0.5, 0.6) is 0 Å². The number of hydrogen-bond donors (Lipinski definition) is 1. The summed E-state index contributed by atoms with van der Waals surface area (Å²) in [6.07, 6.45) is 7.21. The zero-order valence-electron chi connectivity index (χ0n) is 21.6. The van der Waals surface area contributed by atoms with E-state index in [2.05, 4.69) is 38.0 Å². The molecule has 1 aliphatic heterocycles. The third kappa shape index (κ3) is 4.71. The SMILES string of the molecule is [C-]#[N+]c1ccc2[nH]cc(CCCCN3CCN(c4ccc(-n5ccc6oc(C)cc6c5=O)cc4)CC3)c2c1. The average molecular weight is 506 g/mol. The molecule has 192 valence electrons. The second-order valence-electron chi connectivity index (χ2n) is 10.1. The highest BCUT2D eigenvalue weighted by Gasteiger charge is 2.17. The van der Waals surface area contributed by atoms with E-state index >= 15 is 0 Å². The van der Waals surface area contributed by atoms with Crippen molar-refractivity contribution in [3.63, 3.8) is 0 Å². The molecule has 1 fully saturated rings. The molecule has 0 atom stereocenters. The summed E-state index contributed by atoms with van der Waals surface area (Å²) in [4.78, 5) is 24.8. The van der Waals surface area contributed by atoms with Crippen LogP contribution in [0.25, 0.3) is 32.4 Å². The van der Waals surface area contributed by atoms with Crippen molar-refractivity contribution in [3.05, 3.63) is 100 Å². The molecule has 3 aromatic heterocycles. The molecule has 6 rings (SSSR count). The topological polar surface area (TPSA) is 61.8 Å². The molecule has 1 aliphatic rings. The number of hydrogen-bond acceptors (Lipinski definition) is 4. The Hall–Kier alpha value is -4.28. The van der Waals surface area contributed by atoms with E-state index in [1.165, 1.54) is 23.1 Å². The highest BCUT2D eigenvalue weighted by molar-refractivity contribution is 5.86. The second-order valence-corrected chi connectivity index (χ2v) is 10.1. The summed E-state index contributed by atoms with van der Waals surface area (Å²) in [7, 11) is 0. The fraction of sp³-hybridized carbons (Fsp3) is 0.290. The Morgan fingerprint density at radius 2 is 1.74 bits per heavy atom. The molecule has 2 aromatic carbocycles. The lowest BCUT2D eigenvalue weighted by molar-refractivity contribution is 0.253. The number of unbranched alkanes of at least 4 members (excludes halogenated alkanes) is 1. The van der Waals surface area contributed by atoms with Gasteiger partial charge in [-0.15, -0.1) is 0 Å². The highest BCUT2D eigenvalue weighted by Crippen LogP contribution is 2.25. The number of furan rings is 1. The number of fused-ring (bicyclic) bond motifs is 2. The van der Waals surface area contributed by atoms with Crippen LogP contribution in [-0.2, 0) is 6.42 Å². The van der Waals surface area contributed by atoms with Crippen LogP contribution in [0.4, 0.5) is 11.4 Å². The fourth-order valence-corrected chi connectivity index (χ4v) is 5.51. The first-order valence-corrected chi connectivity index (χ1v) is 13.3. The number of anilines is 1. The summed E-state index contributed by atoms with van der Waals surface area (Å²) in [6, 6.07) is 17.8. The second kappa shape index (κ2) is 10.2. The molecule has 0 unspecified atom stereocenters. The van der Waals surface area contributed by atoms with Crippen molar-refractivity contribution >= 4 is 33.2 Å². The van der Waals surface area contributed by atoms with Crippen LogP contribution in [0.2, 0.25) is 0 Å². The predicted octanol–water partition coefficient (Wildman–Crippen LogP) is 6.07. The minimum atomic E-state index is -0.0569. The molecule has 0 bridgehead atoms. The number of H-pyrrole nitrogens is 1. The van der Waals surface area contributed by atoms with E-state index in [0.717, 1.165) is 62.5 Å². The van der Waals surface area contributed by atoms with Crippen molar-refractivity contribution in [1.82, 2.24) is 14.5 Å². The van der Waals surface area contributed by atoms with Crippen LogP contribution >= 0.6 is 0 Å². The molecule has 7 heteroatoms. The molecule has 0 spiro atoms. The van der Waals surface area contributed by atoms with E-state index in [1.807, 2.05) is 43.3 Å². The third-order valence-electron chi connectivity index (χ3n) is 7.62. The van der Waals surface area contributed by atoms with Gasteiger partial charge < -0.3 is 14.3 Å². The van der Waals surface area contributed by atoms with Gasteiger partial charge in [-0.05, 0) is 92.2 Å². The Labute approximate surface area is 221 Å². The van der Waals surface area contributed by atoms with E-state index in [-0.39, 0.29) is 5.56 Å².